The van der Waals surface area contributed by atoms with Crippen LogP contribution in [0.15, 0.2) is 109 Å². The van der Waals surface area contributed by atoms with E-state index in [2.05, 4.69) is 53.8 Å². The second kappa shape index (κ2) is 9.88. The molecule has 0 aliphatic rings. The van der Waals surface area contributed by atoms with Gasteiger partial charge in [-0.3, -0.25) is 25.3 Å². The summed E-state index contributed by atoms with van der Waals surface area (Å²) in [6.45, 7) is 4.03. The summed E-state index contributed by atoms with van der Waals surface area (Å²) in [7, 11) is 0. The highest BCUT2D eigenvalue weighted by atomic mass is 15.0. The van der Waals surface area contributed by atoms with E-state index in [9.17, 15) is 0 Å². The van der Waals surface area contributed by atoms with Crippen LogP contribution in [0.2, 0.25) is 0 Å². The van der Waals surface area contributed by atoms with Crippen LogP contribution in [0.3, 0.4) is 0 Å². The first-order valence-electron chi connectivity index (χ1n) is 12.5. The van der Waals surface area contributed by atoms with Gasteiger partial charge in [0, 0.05) is 22.2 Å². The summed E-state index contributed by atoms with van der Waals surface area (Å²) in [4.78, 5) is 19.9. The summed E-state index contributed by atoms with van der Waals surface area (Å²) in [5.74, 6) is 0. The van der Waals surface area contributed by atoms with Crippen molar-refractivity contribution in [2.24, 2.45) is 0 Å². The van der Waals surface area contributed by atoms with Crippen molar-refractivity contribution < 1.29 is 0 Å². The van der Waals surface area contributed by atoms with E-state index in [1.807, 2.05) is 74.5 Å². The highest BCUT2D eigenvalue weighted by Crippen LogP contribution is 2.29. The zero-order chi connectivity index (χ0) is 25.2. The molecule has 37 heavy (non-hydrogen) atoms. The molecule has 5 nitrogen and oxygen atoms in total. The van der Waals surface area contributed by atoms with E-state index in [0.717, 1.165) is 56.0 Å². The summed E-state index contributed by atoms with van der Waals surface area (Å²) in [5.41, 5.74) is 7.42. The van der Waals surface area contributed by atoms with Crippen LogP contribution in [0, 0.1) is 13.8 Å². The topological polar surface area (TPSA) is 63.6 Å². The molecule has 5 heteroatoms. The largest absolute Gasteiger partial charge is 0.290 e. The minimum absolute atomic E-state index is 0.273. The lowest BCUT2D eigenvalue weighted by molar-refractivity contribution is 0.506. The van der Waals surface area contributed by atoms with Gasteiger partial charge in [-0.2, -0.15) is 0 Å². The van der Waals surface area contributed by atoms with E-state index >= 15 is 0 Å². The Labute approximate surface area is 216 Å². The summed E-state index contributed by atoms with van der Waals surface area (Å²) < 4.78 is 0. The van der Waals surface area contributed by atoms with Gasteiger partial charge in [0.15, 0.2) is 0 Å². The van der Waals surface area contributed by atoms with Gasteiger partial charge < -0.3 is 0 Å². The van der Waals surface area contributed by atoms with Crippen LogP contribution < -0.4 is 5.32 Å². The molecule has 0 radical (unpaired) electrons. The van der Waals surface area contributed by atoms with Gasteiger partial charge in [0.25, 0.3) is 0 Å². The average molecular weight is 482 g/mol. The molecule has 4 aromatic heterocycles. The number of aromatic nitrogens is 4. The lowest BCUT2D eigenvalue weighted by atomic mass is 10.0. The Morgan fingerprint density at radius 1 is 0.432 bits per heavy atom. The third-order valence-electron chi connectivity index (χ3n) is 6.58. The van der Waals surface area contributed by atoms with Gasteiger partial charge in [0.2, 0.25) is 0 Å². The molecule has 0 amide bonds. The number of pyridine rings is 4. The molecule has 0 fully saturated rings. The van der Waals surface area contributed by atoms with Crippen molar-refractivity contribution in [2.45, 2.75) is 25.9 Å². The van der Waals surface area contributed by atoms with E-state index in [-0.39, 0.29) is 12.1 Å². The number of rotatable bonds is 6. The van der Waals surface area contributed by atoms with E-state index < -0.39 is 0 Å². The van der Waals surface area contributed by atoms with Gasteiger partial charge in [0.05, 0.1) is 45.9 Å². The highest BCUT2D eigenvalue weighted by Gasteiger charge is 2.26. The zero-order valence-electron chi connectivity index (χ0n) is 20.8. The Morgan fingerprint density at radius 3 is 1.32 bits per heavy atom. The zero-order valence-corrected chi connectivity index (χ0v) is 20.8. The Bertz CT molecular complexity index is 1580. The fraction of sp³-hybridized carbons (Fsp3) is 0.125. The number of aryl methyl sites for hydroxylation is 2. The average Bonchev–Trinajstić information content (AvgIpc) is 2.93. The maximum absolute atomic E-state index is 5.05. The maximum atomic E-state index is 5.05. The Balaban J connectivity index is 1.51. The number of benzene rings is 2. The molecule has 180 valence electrons. The highest BCUT2D eigenvalue weighted by molar-refractivity contribution is 5.79. The summed E-state index contributed by atoms with van der Waals surface area (Å²) in [6, 6.07) is 36.4. The summed E-state index contributed by atoms with van der Waals surface area (Å²) in [5, 5.41) is 6.07. The van der Waals surface area contributed by atoms with E-state index in [4.69, 9.17) is 19.9 Å². The molecule has 0 bridgehead atoms. The van der Waals surface area contributed by atoms with Crippen LogP contribution in [0.4, 0.5) is 0 Å². The third-order valence-corrected chi connectivity index (χ3v) is 6.58. The number of fused-ring (bicyclic) bond motifs is 2. The molecule has 2 atom stereocenters. The molecule has 2 aromatic carbocycles. The smallest absolute Gasteiger partial charge is 0.0933 e. The van der Waals surface area contributed by atoms with Crippen molar-refractivity contribution in [3.05, 3.63) is 143 Å². The van der Waals surface area contributed by atoms with Gasteiger partial charge in [-0.25, -0.2) is 0 Å². The van der Waals surface area contributed by atoms with Crippen molar-refractivity contribution in [3.8, 4) is 0 Å². The van der Waals surface area contributed by atoms with E-state index in [0.29, 0.717) is 0 Å². The predicted molar refractivity (Wildman–Crippen MR) is 148 cm³/mol. The first-order valence-corrected chi connectivity index (χ1v) is 12.5. The number of hydrogen-bond acceptors (Lipinski definition) is 5. The van der Waals surface area contributed by atoms with Crippen LogP contribution >= 0.6 is 0 Å². The molecule has 2 unspecified atom stereocenters. The minimum Gasteiger partial charge on any atom is -0.290 e. The van der Waals surface area contributed by atoms with Gasteiger partial charge in [-0.15, -0.1) is 0 Å². The normalized spacial score (nSPS) is 13.0. The SMILES string of the molecule is Cc1cccc(C(NC(c2cccc(C)n2)c2ccc3ccccc3n2)c2ccc3ccccc3n2)n1. The quantitative estimate of drug-likeness (QED) is 0.288. The van der Waals surface area contributed by atoms with Gasteiger partial charge in [0.1, 0.15) is 0 Å². The minimum atomic E-state index is -0.273. The van der Waals surface area contributed by atoms with E-state index in [1.165, 1.54) is 0 Å². The number of hydrogen-bond donors (Lipinski definition) is 1. The molecular formula is C32H27N5. The maximum Gasteiger partial charge on any atom is 0.0933 e. The molecule has 1 N–H and O–H groups in total. The summed E-state index contributed by atoms with van der Waals surface area (Å²) in [6.07, 6.45) is 0. The van der Waals surface area contributed by atoms with Crippen molar-refractivity contribution in [1.82, 2.24) is 25.3 Å². The Kier molecular flexibility index (Phi) is 6.13. The number of para-hydroxylation sites is 2. The summed E-state index contributed by atoms with van der Waals surface area (Å²) >= 11 is 0. The predicted octanol–water partition coefficient (Wildman–Crippen LogP) is 6.66. The molecule has 6 aromatic rings. The first kappa shape index (κ1) is 23.0. The number of nitrogens with one attached hydrogen (secondary N) is 1. The fourth-order valence-corrected chi connectivity index (χ4v) is 4.75. The molecule has 4 heterocycles. The van der Waals surface area contributed by atoms with E-state index in [1.54, 1.807) is 0 Å². The van der Waals surface area contributed by atoms with Crippen LogP contribution in [0.1, 0.15) is 46.2 Å². The lowest BCUT2D eigenvalue weighted by Crippen LogP contribution is -2.31. The molecule has 0 saturated heterocycles. The second-order valence-electron chi connectivity index (χ2n) is 9.30. The van der Waals surface area contributed by atoms with Gasteiger partial charge in [-0.1, -0.05) is 60.7 Å². The van der Waals surface area contributed by atoms with Crippen molar-refractivity contribution >= 4 is 21.8 Å². The Morgan fingerprint density at radius 2 is 0.865 bits per heavy atom. The third kappa shape index (κ3) is 4.82. The lowest BCUT2D eigenvalue weighted by Gasteiger charge is -2.26. The van der Waals surface area contributed by atoms with Crippen LogP contribution in [-0.4, -0.2) is 19.9 Å². The van der Waals surface area contributed by atoms with Gasteiger partial charge in [-0.05, 0) is 62.4 Å². The van der Waals surface area contributed by atoms with Crippen molar-refractivity contribution in [3.63, 3.8) is 0 Å². The first-order chi connectivity index (χ1) is 18.1. The molecule has 0 saturated carbocycles. The second-order valence-corrected chi connectivity index (χ2v) is 9.30. The van der Waals surface area contributed by atoms with Crippen LogP contribution in [0.5, 0.6) is 0 Å². The van der Waals surface area contributed by atoms with Crippen LogP contribution in [0.25, 0.3) is 21.8 Å². The van der Waals surface area contributed by atoms with Crippen molar-refractivity contribution in [1.29, 1.82) is 0 Å². The molecule has 0 spiro atoms. The van der Waals surface area contributed by atoms with Crippen molar-refractivity contribution in [2.75, 3.05) is 0 Å². The number of nitrogens with zero attached hydrogens (tertiary/aromatic N) is 4. The van der Waals surface area contributed by atoms with Crippen LogP contribution in [-0.2, 0) is 0 Å². The molecule has 6 rings (SSSR count). The fourth-order valence-electron chi connectivity index (χ4n) is 4.75. The molecular weight excluding hydrogens is 454 g/mol. The Hall–Kier alpha value is -4.48. The monoisotopic (exact) mass is 481 g/mol. The molecule has 0 aliphatic heterocycles. The molecule has 0 aliphatic carbocycles. The standard InChI is InChI=1S/C32H27N5/c1-21-9-7-15-27(33-21)31(29-19-17-23-11-3-5-13-25(23)35-29)37-32(28-16-8-10-22(2)34-28)30-20-18-24-12-4-6-14-26(24)36-30/h3-20,31-32,37H,1-2H3. The van der Waals surface area contributed by atoms with Gasteiger partial charge >= 0.3 is 0 Å².